The molecule has 0 unspecified atom stereocenters. The minimum atomic E-state index is -0.605. The molecule has 2 atom stereocenters. The molecule has 8 heteroatoms. The van der Waals surface area contributed by atoms with Gasteiger partial charge >= 0.3 is 5.97 Å². The van der Waals surface area contributed by atoms with Crippen molar-refractivity contribution in [1.29, 1.82) is 0 Å². The fraction of sp³-hybridized carbons (Fsp3) is 0.478. The van der Waals surface area contributed by atoms with Crippen molar-refractivity contribution < 1.29 is 28.9 Å². The van der Waals surface area contributed by atoms with Crippen LogP contribution in [-0.4, -0.2) is 43.3 Å². The third kappa shape index (κ3) is 4.23. The van der Waals surface area contributed by atoms with E-state index in [4.69, 9.17) is 14.2 Å². The van der Waals surface area contributed by atoms with Crippen LogP contribution in [0.25, 0.3) is 0 Å². The van der Waals surface area contributed by atoms with Crippen LogP contribution in [-0.2, 0) is 19.1 Å². The first-order chi connectivity index (χ1) is 14.9. The van der Waals surface area contributed by atoms with Crippen molar-refractivity contribution >= 4 is 27.7 Å². The lowest BCUT2D eigenvalue weighted by Crippen LogP contribution is -2.35. The first-order valence-electron chi connectivity index (χ1n) is 10.5. The van der Waals surface area contributed by atoms with E-state index in [0.717, 1.165) is 31.4 Å². The van der Waals surface area contributed by atoms with Gasteiger partial charge in [0.1, 0.15) is 6.61 Å². The van der Waals surface area contributed by atoms with E-state index in [9.17, 15) is 14.7 Å². The minimum absolute atomic E-state index is 0.0128. The SMILES string of the molecule is COc1cc([C@H]2C(C(=O)OC[C@H]3CCCO3)=C(C)NC3=C2C(=O)CCC3)cc(Br)c1O. The number of allylic oxidation sites excluding steroid dienone is 3. The third-order valence-electron chi connectivity index (χ3n) is 6.02. The predicted molar refractivity (Wildman–Crippen MR) is 117 cm³/mol. The van der Waals surface area contributed by atoms with Crippen molar-refractivity contribution in [2.75, 3.05) is 20.3 Å². The van der Waals surface area contributed by atoms with Crippen LogP contribution in [0, 0.1) is 0 Å². The Bertz CT molecular complexity index is 977. The van der Waals surface area contributed by atoms with E-state index in [0.29, 0.717) is 39.9 Å². The highest BCUT2D eigenvalue weighted by molar-refractivity contribution is 9.10. The Kier molecular flexibility index (Phi) is 6.39. The van der Waals surface area contributed by atoms with E-state index in [-0.39, 0.29) is 30.0 Å². The molecule has 7 nitrogen and oxygen atoms in total. The zero-order valence-corrected chi connectivity index (χ0v) is 19.2. The van der Waals surface area contributed by atoms with Gasteiger partial charge in [0.2, 0.25) is 0 Å². The second-order valence-corrected chi connectivity index (χ2v) is 8.91. The molecule has 0 saturated carbocycles. The summed E-state index contributed by atoms with van der Waals surface area (Å²) in [6, 6.07) is 3.39. The number of ether oxygens (including phenoxy) is 3. The predicted octanol–water partition coefficient (Wildman–Crippen LogP) is 3.85. The number of phenols is 1. The lowest BCUT2D eigenvalue weighted by atomic mass is 9.75. The smallest absolute Gasteiger partial charge is 0.336 e. The zero-order chi connectivity index (χ0) is 22.1. The number of dihydropyridines is 1. The number of rotatable bonds is 5. The Morgan fingerprint density at radius 1 is 1.32 bits per heavy atom. The molecule has 0 radical (unpaired) electrons. The quantitative estimate of drug-likeness (QED) is 0.603. The van der Waals surface area contributed by atoms with Crippen molar-refractivity contribution in [3.63, 3.8) is 0 Å². The number of aromatic hydroxyl groups is 1. The number of carbonyl (C=O) groups is 2. The second-order valence-electron chi connectivity index (χ2n) is 8.05. The van der Waals surface area contributed by atoms with Gasteiger partial charge in [-0.3, -0.25) is 4.79 Å². The van der Waals surface area contributed by atoms with Crippen LogP contribution < -0.4 is 10.1 Å². The highest BCUT2D eigenvalue weighted by atomic mass is 79.9. The van der Waals surface area contributed by atoms with Crippen LogP contribution in [0.15, 0.2) is 39.1 Å². The second kappa shape index (κ2) is 9.04. The molecule has 1 aromatic carbocycles. The lowest BCUT2D eigenvalue weighted by molar-refractivity contribution is -0.142. The Balaban J connectivity index is 1.76. The molecule has 1 aliphatic carbocycles. The van der Waals surface area contributed by atoms with Crippen LogP contribution in [0.3, 0.4) is 0 Å². The molecule has 1 saturated heterocycles. The van der Waals surface area contributed by atoms with E-state index in [1.807, 2.05) is 6.92 Å². The number of benzene rings is 1. The first kappa shape index (κ1) is 21.9. The number of hydrogen-bond donors (Lipinski definition) is 2. The molecule has 0 amide bonds. The Morgan fingerprint density at radius 3 is 2.84 bits per heavy atom. The van der Waals surface area contributed by atoms with Crippen LogP contribution in [0.1, 0.15) is 50.5 Å². The van der Waals surface area contributed by atoms with E-state index < -0.39 is 11.9 Å². The monoisotopic (exact) mass is 491 g/mol. The molecule has 4 rings (SSSR count). The van der Waals surface area contributed by atoms with Gasteiger partial charge in [0, 0.05) is 35.9 Å². The molecule has 0 bridgehead atoms. The van der Waals surface area contributed by atoms with Crippen molar-refractivity contribution in [3.05, 3.63) is 44.7 Å². The van der Waals surface area contributed by atoms with Gasteiger partial charge in [0.05, 0.1) is 23.3 Å². The molecule has 2 N–H and O–H groups in total. The van der Waals surface area contributed by atoms with E-state index in [1.54, 1.807) is 12.1 Å². The maximum Gasteiger partial charge on any atom is 0.336 e. The van der Waals surface area contributed by atoms with E-state index in [2.05, 4.69) is 21.2 Å². The van der Waals surface area contributed by atoms with Crippen LogP contribution >= 0.6 is 15.9 Å². The van der Waals surface area contributed by atoms with Crippen molar-refractivity contribution in [1.82, 2.24) is 5.32 Å². The summed E-state index contributed by atoms with van der Waals surface area (Å²) in [5, 5.41) is 13.5. The molecule has 0 spiro atoms. The van der Waals surface area contributed by atoms with Crippen molar-refractivity contribution in [2.45, 2.75) is 51.0 Å². The zero-order valence-electron chi connectivity index (χ0n) is 17.6. The van der Waals surface area contributed by atoms with E-state index in [1.165, 1.54) is 7.11 Å². The summed E-state index contributed by atoms with van der Waals surface area (Å²) in [4.78, 5) is 26.2. The van der Waals surface area contributed by atoms with Crippen LogP contribution in [0.2, 0.25) is 0 Å². The molecular weight excluding hydrogens is 466 g/mol. The summed E-state index contributed by atoms with van der Waals surface area (Å²) in [7, 11) is 1.46. The van der Waals surface area contributed by atoms with Gasteiger partial charge < -0.3 is 24.6 Å². The average molecular weight is 492 g/mol. The summed E-state index contributed by atoms with van der Waals surface area (Å²) in [5.74, 6) is -0.838. The Morgan fingerprint density at radius 2 is 2.13 bits per heavy atom. The van der Waals surface area contributed by atoms with Gasteiger partial charge in [-0.25, -0.2) is 4.79 Å². The summed E-state index contributed by atoms with van der Waals surface area (Å²) in [6.07, 6.45) is 3.68. The number of esters is 1. The number of Topliss-reactive ketones (excluding diaryl/α,β-unsaturated/α-hetero) is 1. The fourth-order valence-electron chi connectivity index (χ4n) is 4.53. The van der Waals surface area contributed by atoms with Gasteiger partial charge in [0.15, 0.2) is 17.3 Å². The molecular formula is C23H26BrNO6. The topological polar surface area (TPSA) is 94.1 Å². The number of phenolic OH excluding ortho intramolecular Hbond substituents is 1. The third-order valence-corrected chi connectivity index (χ3v) is 6.63. The average Bonchev–Trinajstić information content (AvgIpc) is 3.27. The molecule has 2 aliphatic heterocycles. The molecule has 166 valence electrons. The van der Waals surface area contributed by atoms with Gasteiger partial charge in [-0.1, -0.05) is 0 Å². The maximum absolute atomic E-state index is 13.2. The highest BCUT2D eigenvalue weighted by Crippen LogP contribution is 2.46. The molecule has 31 heavy (non-hydrogen) atoms. The van der Waals surface area contributed by atoms with Crippen LogP contribution in [0.5, 0.6) is 11.5 Å². The Labute approximate surface area is 189 Å². The van der Waals surface area contributed by atoms with Gasteiger partial charge in [0.25, 0.3) is 0 Å². The number of methoxy groups -OCH3 is 1. The summed E-state index contributed by atoms with van der Waals surface area (Å²) in [6.45, 7) is 2.69. The number of halogens is 1. The molecule has 1 aromatic rings. The van der Waals surface area contributed by atoms with Gasteiger partial charge in [-0.2, -0.15) is 0 Å². The molecule has 0 aromatic heterocycles. The van der Waals surface area contributed by atoms with Crippen molar-refractivity contribution in [2.24, 2.45) is 0 Å². The number of nitrogens with one attached hydrogen (secondary N) is 1. The van der Waals surface area contributed by atoms with Gasteiger partial charge in [-0.15, -0.1) is 0 Å². The Hall–Kier alpha value is -2.32. The van der Waals surface area contributed by atoms with Gasteiger partial charge in [-0.05, 0) is 66.2 Å². The van der Waals surface area contributed by atoms with Crippen molar-refractivity contribution in [3.8, 4) is 11.5 Å². The maximum atomic E-state index is 13.2. The minimum Gasteiger partial charge on any atom is -0.503 e. The number of ketones is 1. The highest BCUT2D eigenvalue weighted by Gasteiger charge is 2.40. The normalized spacial score (nSPS) is 23.5. The fourth-order valence-corrected chi connectivity index (χ4v) is 4.99. The summed E-state index contributed by atoms with van der Waals surface area (Å²) in [5.41, 5.74) is 3.16. The summed E-state index contributed by atoms with van der Waals surface area (Å²) < 4.78 is 16.9. The molecule has 2 heterocycles. The molecule has 3 aliphatic rings. The summed E-state index contributed by atoms with van der Waals surface area (Å²) >= 11 is 3.36. The number of carbonyl (C=O) groups excluding carboxylic acids is 2. The molecule has 1 fully saturated rings. The van der Waals surface area contributed by atoms with Crippen LogP contribution in [0.4, 0.5) is 0 Å². The van der Waals surface area contributed by atoms with E-state index >= 15 is 0 Å². The first-order valence-corrected chi connectivity index (χ1v) is 11.3. The largest absolute Gasteiger partial charge is 0.503 e. The number of hydrogen-bond acceptors (Lipinski definition) is 7. The lowest BCUT2D eigenvalue weighted by Gasteiger charge is -2.34. The standard InChI is InChI=1S/C23H26BrNO6/c1-12-19(23(28)31-11-14-5-4-8-30-14)20(21-16(25-12)6-3-7-17(21)26)13-9-15(24)22(27)18(10-13)29-2/h9-10,14,20,25,27H,3-8,11H2,1-2H3/t14-,20+/m1/s1.